The lowest BCUT2D eigenvalue weighted by molar-refractivity contribution is -0.149. The summed E-state index contributed by atoms with van der Waals surface area (Å²) < 4.78 is 5.50. The standard InChI is InChI=1S/C18H20ClNO3/c1-20-16(21)10-14(11-23-18(22)12-5-2-3-6-12)17(20)13-7-4-8-15(19)9-13/h2-4,7-9,12,14,17H,5-6,10-11H2,1H3/t14-,17-/m0/s1. The molecule has 2 aliphatic rings. The van der Waals surface area contributed by atoms with Gasteiger partial charge in [-0.25, -0.2) is 0 Å². The maximum atomic E-state index is 12.1. The summed E-state index contributed by atoms with van der Waals surface area (Å²) in [5, 5.41) is 0.642. The molecule has 1 heterocycles. The van der Waals surface area contributed by atoms with Gasteiger partial charge in [0.1, 0.15) is 0 Å². The Morgan fingerprint density at radius 2 is 2.09 bits per heavy atom. The van der Waals surface area contributed by atoms with Crippen molar-refractivity contribution in [3.8, 4) is 0 Å². The van der Waals surface area contributed by atoms with E-state index in [9.17, 15) is 9.59 Å². The Kier molecular flexibility index (Phi) is 4.71. The summed E-state index contributed by atoms with van der Waals surface area (Å²) in [7, 11) is 1.79. The molecule has 0 N–H and O–H groups in total. The van der Waals surface area contributed by atoms with E-state index in [0.29, 0.717) is 11.4 Å². The lowest BCUT2D eigenvalue weighted by Crippen LogP contribution is -2.27. The SMILES string of the molecule is CN1C(=O)C[C@@H](COC(=O)C2CC=CC2)[C@@H]1c1cccc(Cl)c1. The van der Waals surface area contributed by atoms with E-state index >= 15 is 0 Å². The molecule has 0 aromatic heterocycles. The van der Waals surface area contributed by atoms with Crippen LogP contribution >= 0.6 is 11.6 Å². The molecule has 1 aliphatic heterocycles. The molecule has 5 heteroatoms. The summed E-state index contributed by atoms with van der Waals surface area (Å²) in [5.74, 6) is -0.195. The van der Waals surface area contributed by atoms with E-state index in [1.54, 1.807) is 11.9 Å². The van der Waals surface area contributed by atoms with Crippen LogP contribution in [-0.4, -0.2) is 30.4 Å². The van der Waals surface area contributed by atoms with Crippen molar-refractivity contribution >= 4 is 23.5 Å². The van der Waals surface area contributed by atoms with Gasteiger partial charge in [0.2, 0.25) is 5.91 Å². The zero-order valence-electron chi connectivity index (χ0n) is 13.1. The van der Waals surface area contributed by atoms with Crippen LogP contribution in [0.5, 0.6) is 0 Å². The van der Waals surface area contributed by atoms with E-state index in [0.717, 1.165) is 18.4 Å². The molecule has 1 aliphatic carbocycles. The lowest BCUT2D eigenvalue weighted by Gasteiger charge is -2.25. The molecular formula is C18H20ClNO3. The Morgan fingerprint density at radius 3 is 2.78 bits per heavy atom. The van der Waals surface area contributed by atoms with Gasteiger partial charge in [0.05, 0.1) is 18.6 Å². The summed E-state index contributed by atoms with van der Waals surface area (Å²) >= 11 is 6.07. The molecular weight excluding hydrogens is 314 g/mol. The number of halogens is 1. The van der Waals surface area contributed by atoms with Crippen LogP contribution in [0.25, 0.3) is 0 Å². The summed E-state index contributed by atoms with van der Waals surface area (Å²) in [5.41, 5.74) is 0.981. The number of carbonyl (C=O) groups excluding carboxylic acids is 2. The van der Waals surface area contributed by atoms with E-state index in [2.05, 4.69) is 0 Å². The fourth-order valence-electron chi connectivity index (χ4n) is 3.40. The zero-order chi connectivity index (χ0) is 16.4. The fraction of sp³-hybridized carbons (Fsp3) is 0.444. The van der Waals surface area contributed by atoms with E-state index in [-0.39, 0.29) is 36.4 Å². The first-order valence-electron chi connectivity index (χ1n) is 7.89. The van der Waals surface area contributed by atoms with Crippen molar-refractivity contribution < 1.29 is 14.3 Å². The third-order valence-corrected chi connectivity index (χ3v) is 4.90. The second kappa shape index (κ2) is 6.75. The van der Waals surface area contributed by atoms with Crippen LogP contribution in [0.15, 0.2) is 36.4 Å². The molecule has 0 saturated carbocycles. The van der Waals surface area contributed by atoms with Crippen LogP contribution in [0, 0.1) is 11.8 Å². The van der Waals surface area contributed by atoms with E-state index in [1.807, 2.05) is 36.4 Å². The minimum atomic E-state index is -0.165. The number of carbonyl (C=O) groups is 2. The summed E-state index contributed by atoms with van der Waals surface area (Å²) in [6.45, 7) is 0.266. The first kappa shape index (κ1) is 16.1. The maximum absolute atomic E-state index is 12.1. The number of ether oxygens (including phenoxy) is 1. The van der Waals surface area contributed by atoms with Crippen LogP contribution < -0.4 is 0 Å². The Balaban J connectivity index is 1.69. The highest BCUT2D eigenvalue weighted by molar-refractivity contribution is 6.30. The Labute approximate surface area is 141 Å². The van der Waals surface area contributed by atoms with Gasteiger partial charge >= 0.3 is 5.97 Å². The quantitative estimate of drug-likeness (QED) is 0.627. The highest BCUT2D eigenvalue weighted by atomic mass is 35.5. The topological polar surface area (TPSA) is 46.6 Å². The van der Waals surface area contributed by atoms with Crippen LogP contribution in [0.1, 0.15) is 30.9 Å². The predicted octanol–water partition coefficient (Wildman–Crippen LogP) is 3.37. The van der Waals surface area contributed by atoms with E-state index in [1.165, 1.54) is 0 Å². The molecule has 1 amide bonds. The van der Waals surface area contributed by atoms with Crippen molar-refractivity contribution in [3.05, 3.63) is 47.0 Å². The second-order valence-corrected chi connectivity index (χ2v) is 6.67. The monoisotopic (exact) mass is 333 g/mol. The van der Waals surface area contributed by atoms with Crippen molar-refractivity contribution in [2.75, 3.05) is 13.7 Å². The largest absolute Gasteiger partial charge is 0.465 e. The van der Waals surface area contributed by atoms with E-state index in [4.69, 9.17) is 16.3 Å². The number of hydrogen-bond donors (Lipinski definition) is 0. The van der Waals surface area contributed by atoms with Crippen molar-refractivity contribution in [3.63, 3.8) is 0 Å². The summed E-state index contributed by atoms with van der Waals surface area (Å²) in [4.78, 5) is 25.9. The molecule has 0 radical (unpaired) electrons. The van der Waals surface area contributed by atoms with Gasteiger partial charge < -0.3 is 9.64 Å². The molecule has 2 atom stereocenters. The van der Waals surface area contributed by atoms with Gasteiger partial charge in [-0.1, -0.05) is 35.9 Å². The first-order valence-corrected chi connectivity index (χ1v) is 8.27. The van der Waals surface area contributed by atoms with Crippen LogP contribution in [0.4, 0.5) is 0 Å². The molecule has 1 aromatic rings. The van der Waals surface area contributed by atoms with Crippen LogP contribution in [0.3, 0.4) is 0 Å². The number of nitrogens with zero attached hydrogens (tertiary/aromatic N) is 1. The van der Waals surface area contributed by atoms with Crippen molar-refractivity contribution in [1.82, 2.24) is 4.90 Å². The number of benzene rings is 1. The number of hydrogen-bond acceptors (Lipinski definition) is 3. The van der Waals surface area contributed by atoms with E-state index < -0.39 is 0 Å². The zero-order valence-corrected chi connectivity index (χ0v) is 13.8. The molecule has 1 aromatic carbocycles. The van der Waals surface area contributed by atoms with Crippen LogP contribution in [0.2, 0.25) is 5.02 Å². The molecule has 23 heavy (non-hydrogen) atoms. The smallest absolute Gasteiger partial charge is 0.309 e. The Hall–Kier alpha value is -1.81. The maximum Gasteiger partial charge on any atom is 0.309 e. The fourth-order valence-corrected chi connectivity index (χ4v) is 3.60. The number of esters is 1. The molecule has 3 rings (SSSR count). The average molecular weight is 334 g/mol. The third kappa shape index (κ3) is 3.42. The summed E-state index contributed by atoms with van der Waals surface area (Å²) in [6, 6.07) is 7.42. The predicted molar refractivity (Wildman–Crippen MR) is 87.9 cm³/mol. The van der Waals surface area contributed by atoms with Crippen molar-refractivity contribution in [1.29, 1.82) is 0 Å². The number of likely N-dealkylation sites (tertiary alicyclic amines) is 1. The Morgan fingerprint density at radius 1 is 1.35 bits per heavy atom. The van der Waals surface area contributed by atoms with Gasteiger partial charge in [0, 0.05) is 24.4 Å². The van der Waals surface area contributed by atoms with Gasteiger partial charge in [-0.2, -0.15) is 0 Å². The minimum absolute atomic E-state index is 0.0377. The highest BCUT2D eigenvalue weighted by Crippen LogP contribution is 2.38. The van der Waals surface area contributed by atoms with Gasteiger partial charge in [-0.05, 0) is 30.5 Å². The molecule has 0 bridgehead atoms. The van der Waals surface area contributed by atoms with Gasteiger partial charge in [-0.15, -0.1) is 0 Å². The van der Waals surface area contributed by atoms with Gasteiger partial charge in [0.25, 0.3) is 0 Å². The van der Waals surface area contributed by atoms with Crippen LogP contribution in [-0.2, 0) is 14.3 Å². The van der Waals surface area contributed by atoms with Crippen molar-refractivity contribution in [2.24, 2.45) is 11.8 Å². The van der Waals surface area contributed by atoms with Crippen molar-refractivity contribution in [2.45, 2.75) is 25.3 Å². The molecule has 122 valence electrons. The average Bonchev–Trinajstić information content (AvgIpc) is 3.14. The molecule has 0 spiro atoms. The Bertz CT molecular complexity index is 635. The number of rotatable bonds is 4. The normalized spacial score (nSPS) is 24.4. The van der Waals surface area contributed by atoms with Gasteiger partial charge in [-0.3, -0.25) is 9.59 Å². The first-order chi connectivity index (χ1) is 11.1. The third-order valence-electron chi connectivity index (χ3n) is 4.67. The molecule has 1 saturated heterocycles. The number of allylic oxidation sites excluding steroid dienone is 2. The number of amides is 1. The minimum Gasteiger partial charge on any atom is -0.465 e. The van der Waals surface area contributed by atoms with Gasteiger partial charge in [0.15, 0.2) is 0 Å². The second-order valence-electron chi connectivity index (χ2n) is 6.24. The molecule has 1 fully saturated rings. The highest BCUT2D eigenvalue weighted by Gasteiger charge is 2.39. The molecule has 0 unspecified atom stereocenters. The molecule has 4 nitrogen and oxygen atoms in total. The lowest BCUT2D eigenvalue weighted by atomic mass is 9.94. The summed E-state index contributed by atoms with van der Waals surface area (Å²) in [6.07, 6.45) is 5.91.